The Hall–Kier alpha value is -2.20. The summed E-state index contributed by atoms with van der Waals surface area (Å²) in [4.78, 5) is 4.15. The van der Waals surface area contributed by atoms with E-state index >= 15 is 0 Å². The zero-order valence-corrected chi connectivity index (χ0v) is 15.0. The Morgan fingerprint density at radius 1 is 0.800 bits per heavy atom. The van der Waals surface area contributed by atoms with Crippen LogP contribution in [-0.4, -0.2) is 49.1 Å². The highest BCUT2D eigenvalue weighted by molar-refractivity contribution is 6.23. The van der Waals surface area contributed by atoms with E-state index in [2.05, 4.69) is 73.6 Å². The van der Waals surface area contributed by atoms with Crippen molar-refractivity contribution in [1.82, 2.24) is 9.80 Å². The Balaban J connectivity index is 1.91. The molecule has 1 N–H and O–H groups in total. The van der Waals surface area contributed by atoms with E-state index in [1.54, 1.807) is 0 Å². The first-order valence-corrected chi connectivity index (χ1v) is 8.76. The quantitative estimate of drug-likeness (QED) is 0.441. The Morgan fingerprint density at radius 3 is 2.16 bits per heavy atom. The molecule has 0 amide bonds. The molecule has 1 atom stereocenters. The summed E-state index contributed by atoms with van der Waals surface area (Å²) in [5.41, 5.74) is 0.984. The average molecular weight is 332 g/mol. The number of hydrogen-bond acceptors (Lipinski definition) is 3. The van der Waals surface area contributed by atoms with Gasteiger partial charge in [-0.15, -0.1) is 0 Å². The Kier molecular flexibility index (Phi) is 4.08. The summed E-state index contributed by atoms with van der Waals surface area (Å²) in [6.45, 7) is 1.73. The molecule has 0 heterocycles. The van der Waals surface area contributed by atoms with E-state index < -0.39 is 6.23 Å². The molecule has 0 aliphatic rings. The van der Waals surface area contributed by atoms with Crippen LogP contribution in [0.4, 0.5) is 0 Å². The van der Waals surface area contributed by atoms with Gasteiger partial charge in [0.2, 0.25) is 0 Å². The Labute approximate surface area is 148 Å². The van der Waals surface area contributed by atoms with Gasteiger partial charge in [0.1, 0.15) is 6.23 Å². The van der Waals surface area contributed by atoms with Crippen LogP contribution in [0.3, 0.4) is 0 Å². The lowest BCUT2D eigenvalue weighted by atomic mass is 9.90. The number of aliphatic hydroxyl groups is 1. The van der Waals surface area contributed by atoms with Crippen molar-refractivity contribution in [3.63, 3.8) is 0 Å². The van der Waals surface area contributed by atoms with Crippen LogP contribution in [0.1, 0.15) is 11.8 Å². The molecule has 4 aromatic rings. The summed E-state index contributed by atoms with van der Waals surface area (Å²) < 4.78 is 0. The van der Waals surface area contributed by atoms with Crippen LogP contribution in [-0.2, 0) is 0 Å². The number of aliphatic hydroxyl groups excluding tert-OH is 1. The molecule has 4 aromatic carbocycles. The summed E-state index contributed by atoms with van der Waals surface area (Å²) in [5.74, 6) is 0. The van der Waals surface area contributed by atoms with E-state index in [0.29, 0.717) is 0 Å². The molecule has 0 radical (unpaired) electrons. The molecule has 0 spiro atoms. The minimum Gasteiger partial charge on any atom is -0.374 e. The zero-order chi connectivity index (χ0) is 17.6. The number of benzene rings is 4. The maximum atomic E-state index is 11.0. The van der Waals surface area contributed by atoms with Gasteiger partial charge in [-0.05, 0) is 59.5 Å². The average Bonchev–Trinajstić information content (AvgIpc) is 2.63. The summed E-state index contributed by atoms with van der Waals surface area (Å²) >= 11 is 0. The molecule has 128 valence electrons. The molecule has 0 saturated heterocycles. The van der Waals surface area contributed by atoms with Crippen LogP contribution in [0.2, 0.25) is 0 Å². The summed E-state index contributed by atoms with van der Waals surface area (Å²) in [6.07, 6.45) is -0.617. The Morgan fingerprint density at radius 2 is 1.44 bits per heavy atom. The minimum atomic E-state index is -0.617. The van der Waals surface area contributed by atoms with Crippen molar-refractivity contribution >= 4 is 32.3 Å². The third kappa shape index (κ3) is 2.74. The van der Waals surface area contributed by atoms with Crippen molar-refractivity contribution in [1.29, 1.82) is 0 Å². The lowest BCUT2D eigenvalue weighted by molar-refractivity contribution is 0.0187. The second kappa shape index (κ2) is 6.26. The normalized spacial score (nSPS) is 13.7. The first-order valence-electron chi connectivity index (χ1n) is 8.76. The molecule has 3 heteroatoms. The third-order valence-corrected chi connectivity index (χ3v) is 5.14. The van der Waals surface area contributed by atoms with Gasteiger partial charge in [-0.1, -0.05) is 48.5 Å². The molecular weight excluding hydrogens is 308 g/mol. The molecule has 25 heavy (non-hydrogen) atoms. The van der Waals surface area contributed by atoms with Gasteiger partial charge >= 0.3 is 0 Å². The molecule has 0 fully saturated rings. The van der Waals surface area contributed by atoms with Gasteiger partial charge in [0.25, 0.3) is 0 Å². The van der Waals surface area contributed by atoms with Crippen LogP contribution < -0.4 is 0 Å². The van der Waals surface area contributed by atoms with Gasteiger partial charge in [0.15, 0.2) is 0 Å². The van der Waals surface area contributed by atoms with Gasteiger partial charge in [0.05, 0.1) is 0 Å². The van der Waals surface area contributed by atoms with Gasteiger partial charge < -0.3 is 10.0 Å². The maximum Gasteiger partial charge on any atom is 0.133 e. The van der Waals surface area contributed by atoms with E-state index in [-0.39, 0.29) is 0 Å². The second-order valence-electron chi connectivity index (χ2n) is 7.17. The Bertz CT molecular complexity index is 1020. The van der Waals surface area contributed by atoms with Crippen molar-refractivity contribution in [2.45, 2.75) is 6.23 Å². The van der Waals surface area contributed by atoms with Crippen molar-refractivity contribution < 1.29 is 5.11 Å². The number of rotatable bonds is 5. The first-order chi connectivity index (χ1) is 12.1. The van der Waals surface area contributed by atoms with E-state index in [4.69, 9.17) is 0 Å². The maximum absolute atomic E-state index is 11.0. The van der Waals surface area contributed by atoms with E-state index in [9.17, 15) is 5.11 Å². The van der Waals surface area contributed by atoms with Crippen LogP contribution in [0.5, 0.6) is 0 Å². The van der Waals surface area contributed by atoms with Crippen LogP contribution >= 0.6 is 0 Å². The molecule has 0 aromatic heterocycles. The third-order valence-electron chi connectivity index (χ3n) is 5.14. The largest absolute Gasteiger partial charge is 0.374 e. The lowest BCUT2D eigenvalue weighted by Crippen LogP contribution is -2.31. The summed E-state index contributed by atoms with van der Waals surface area (Å²) in [7, 11) is 6.09. The van der Waals surface area contributed by atoms with Gasteiger partial charge in [-0.2, -0.15) is 0 Å². The van der Waals surface area contributed by atoms with Crippen LogP contribution in [0.15, 0.2) is 54.6 Å². The SMILES string of the molecule is CN(C)CCN(C)C(O)c1cc2cccc3ccc4cccc1c4c32. The molecular formula is C22H24N2O. The predicted octanol–water partition coefficient (Wildman–Crippen LogP) is 4.07. The monoisotopic (exact) mass is 332 g/mol. The van der Waals surface area contributed by atoms with Crippen molar-refractivity contribution in [3.8, 4) is 0 Å². The van der Waals surface area contributed by atoms with E-state index in [1.807, 2.05) is 11.9 Å². The fourth-order valence-electron chi connectivity index (χ4n) is 3.72. The number of likely N-dealkylation sites (N-methyl/N-ethyl adjacent to an activating group) is 2. The van der Waals surface area contributed by atoms with Crippen LogP contribution in [0.25, 0.3) is 32.3 Å². The topological polar surface area (TPSA) is 26.7 Å². The van der Waals surface area contributed by atoms with Crippen LogP contribution in [0, 0.1) is 0 Å². The molecule has 0 aliphatic heterocycles. The fourth-order valence-corrected chi connectivity index (χ4v) is 3.72. The first kappa shape index (κ1) is 16.3. The molecule has 0 aliphatic carbocycles. The second-order valence-corrected chi connectivity index (χ2v) is 7.17. The van der Waals surface area contributed by atoms with Gasteiger partial charge in [0, 0.05) is 18.7 Å². The zero-order valence-electron chi connectivity index (χ0n) is 15.0. The van der Waals surface area contributed by atoms with Gasteiger partial charge in [-0.3, -0.25) is 4.90 Å². The number of nitrogens with zero attached hydrogens (tertiary/aromatic N) is 2. The molecule has 3 nitrogen and oxygen atoms in total. The van der Waals surface area contributed by atoms with Gasteiger partial charge in [-0.25, -0.2) is 0 Å². The van der Waals surface area contributed by atoms with E-state index in [0.717, 1.165) is 24.0 Å². The lowest BCUT2D eigenvalue weighted by Gasteiger charge is -2.27. The van der Waals surface area contributed by atoms with Crippen molar-refractivity contribution in [2.75, 3.05) is 34.2 Å². The molecule has 0 saturated carbocycles. The number of hydrogen-bond donors (Lipinski definition) is 1. The minimum absolute atomic E-state index is 0.617. The van der Waals surface area contributed by atoms with E-state index in [1.165, 1.54) is 26.9 Å². The fraction of sp³-hybridized carbons (Fsp3) is 0.273. The predicted molar refractivity (Wildman–Crippen MR) is 106 cm³/mol. The summed E-state index contributed by atoms with van der Waals surface area (Å²) in [5, 5.41) is 18.4. The smallest absolute Gasteiger partial charge is 0.133 e. The highest BCUT2D eigenvalue weighted by Gasteiger charge is 2.19. The van der Waals surface area contributed by atoms with Crippen molar-refractivity contribution in [3.05, 3.63) is 60.2 Å². The molecule has 4 rings (SSSR count). The highest BCUT2D eigenvalue weighted by Crippen LogP contribution is 2.38. The standard InChI is InChI=1S/C22H24N2O/c1-23(2)12-13-24(3)22(25)19-14-17-8-4-6-15-10-11-16-7-5-9-18(19)21(16)20(15)17/h4-11,14,22,25H,12-13H2,1-3H3. The highest BCUT2D eigenvalue weighted by atomic mass is 16.3. The van der Waals surface area contributed by atoms with Crippen molar-refractivity contribution in [2.24, 2.45) is 0 Å². The summed E-state index contributed by atoms with van der Waals surface area (Å²) in [6, 6.07) is 19.3. The molecule has 1 unspecified atom stereocenters. The molecule has 0 bridgehead atoms.